The van der Waals surface area contributed by atoms with Crippen LogP contribution < -0.4 is 10.1 Å². The average Bonchev–Trinajstić information content (AvgIpc) is 2.83. The molecule has 2 aromatic rings. The third kappa shape index (κ3) is 6.24. The minimum atomic E-state index is -0.183. The Morgan fingerprint density at radius 3 is 2.18 bits per heavy atom. The molecular formula is C27H34N2O5. The monoisotopic (exact) mass is 466 g/mol. The normalized spacial score (nSPS) is 15.4. The van der Waals surface area contributed by atoms with Gasteiger partial charge >= 0.3 is 0 Å². The summed E-state index contributed by atoms with van der Waals surface area (Å²) in [7, 11) is 4.83. The molecule has 0 saturated heterocycles. The van der Waals surface area contributed by atoms with Crippen LogP contribution in [-0.4, -0.2) is 69.8 Å². The number of allylic oxidation sites excluding steroid dienone is 1. The summed E-state index contributed by atoms with van der Waals surface area (Å²) in [4.78, 5) is 27.7. The van der Waals surface area contributed by atoms with Gasteiger partial charge in [0.25, 0.3) is 5.91 Å². The van der Waals surface area contributed by atoms with Crippen LogP contribution >= 0.6 is 0 Å². The molecule has 0 atom stereocenters. The number of fused-ring (bicyclic) bond motifs is 1. The number of ketones is 1. The molecule has 1 heterocycles. The number of nitrogens with zero attached hydrogens (tertiary/aromatic N) is 1. The van der Waals surface area contributed by atoms with Crippen LogP contribution in [0.2, 0.25) is 0 Å². The predicted molar refractivity (Wildman–Crippen MR) is 132 cm³/mol. The highest BCUT2D eigenvalue weighted by Gasteiger charge is 2.28. The van der Waals surface area contributed by atoms with Gasteiger partial charge in [0.2, 0.25) is 0 Å². The van der Waals surface area contributed by atoms with Gasteiger partial charge in [0.05, 0.1) is 20.3 Å². The number of methoxy groups -OCH3 is 3. The van der Waals surface area contributed by atoms with E-state index in [1.807, 2.05) is 18.2 Å². The van der Waals surface area contributed by atoms with Crippen LogP contribution in [0.1, 0.15) is 45.7 Å². The van der Waals surface area contributed by atoms with E-state index in [9.17, 15) is 9.59 Å². The second-order valence-corrected chi connectivity index (χ2v) is 8.99. The van der Waals surface area contributed by atoms with E-state index in [-0.39, 0.29) is 17.2 Å². The molecule has 0 aliphatic carbocycles. The van der Waals surface area contributed by atoms with Gasteiger partial charge in [0, 0.05) is 61.3 Å². The lowest BCUT2D eigenvalue weighted by Crippen LogP contribution is -2.43. The maximum atomic E-state index is 13.1. The number of ether oxygens (including phenoxy) is 3. The molecule has 1 aliphatic heterocycles. The zero-order chi connectivity index (χ0) is 24.7. The summed E-state index contributed by atoms with van der Waals surface area (Å²) in [6.07, 6.45) is 2.47. The van der Waals surface area contributed by atoms with Gasteiger partial charge in [0.1, 0.15) is 5.75 Å². The molecule has 0 aromatic heterocycles. The summed E-state index contributed by atoms with van der Waals surface area (Å²) in [6.45, 7) is 6.03. The van der Waals surface area contributed by atoms with Gasteiger partial charge in [-0.2, -0.15) is 0 Å². The van der Waals surface area contributed by atoms with Gasteiger partial charge in [-0.05, 0) is 50.1 Å². The van der Waals surface area contributed by atoms with Crippen LogP contribution in [0.5, 0.6) is 5.75 Å². The van der Waals surface area contributed by atoms with Gasteiger partial charge < -0.3 is 24.4 Å². The second kappa shape index (κ2) is 11.3. The number of benzene rings is 2. The van der Waals surface area contributed by atoms with Crippen LogP contribution in [0.4, 0.5) is 0 Å². The minimum absolute atomic E-state index is 0.122. The zero-order valence-electron chi connectivity index (χ0n) is 20.6. The summed E-state index contributed by atoms with van der Waals surface area (Å²) >= 11 is 0. The lowest BCUT2D eigenvalue weighted by atomic mass is 9.85. The van der Waals surface area contributed by atoms with Gasteiger partial charge in [0.15, 0.2) is 5.78 Å². The number of rotatable bonds is 10. The van der Waals surface area contributed by atoms with Crippen molar-refractivity contribution in [3.05, 3.63) is 70.8 Å². The number of carbonyl (C=O) groups excluding carboxylic acids is 2. The third-order valence-electron chi connectivity index (χ3n) is 5.82. The van der Waals surface area contributed by atoms with Crippen molar-refractivity contribution in [2.24, 2.45) is 0 Å². The van der Waals surface area contributed by atoms with Crippen molar-refractivity contribution in [3.8, 4) is 5.75 Å². The number of nitrogens with one attached hydrogen (secondary N) is 1. The highest BCUT2D eigenvalue weighted by atomic mass is 16.5. The van der Waals surface area contributed by atoms with Crippen molar-refractivity contribution < 1.29 is 23.8 Å². The fourth-order valence-electron chi connectivity index (χ4n) is 4.05. The summed E-state index contributed by atoms with van der Waals surface area (Å²) in [6, 6.07) is 12.7. The van der Waals surface area contributed by atoms with E-state index in [1.54, 1.807) is 56.6 Å². The first kappa shape index (κ1) is 25.5. The molecule has 1 aliphatic rings. The molecule has 2 aromatic carbocycles. The SMILES string of the molecule is COCCN(CCOC)C(=O)c1ccc(C(=O)C=C2NC(C)(C)Cc3ccc(OC)cc32)cc1. The summed E-state index contributed by atoms with van der Waals surface area (Å²) in [5, 5.41) is 3.48. The molecule has 3 rings (SSSR count). The molecule has 7 nitrogen and oxygen atoms in total. The molecule has 1 amide bonds. The van der Waals surface area contributed by atoms with Gasteiger partial charge in [-0.3, -0.25) is 9.59 Å². The highest BCUT2D eigenvalue weighted by molar-refractivity contribution is 6.09. The molecule has 0 radical (unpaired) electrons. The Kier molecular flexibility index (Phi) is 8.47. The standard InChI is InChI=1S/C27H34N2O5/c1-27(2)18-21-10-11-22(34-5)16-23(21)24(28-27)17-25(30)19-6-8-20(9-7-19)26(31)29(12-14-32-3)13-15-33-4/h6-11,16-17,28H,12-15,18H2,1-5H3. The van der Waals surface area contributed by atoms with Crippen molar-refractivity contribution in [1.82, 2.24) is 10.2 Å². The van der Waals surface area contributed by atoms with Crippen LogP contribution in [0.25, 0.3) is 5.70 Å². The summed E-state index contributed by atoms with van der Waals surface area (Å²) < 4.78 is 15.6. The van der Waals surface area contributed by atoms with Gasteiger partial charge in [-0.15, -0.1) is 0 Å². The van der Waals surface area contributed by atoms with E-state index in [4.69, 9.17) is 14.2 Å². The Hall–Kier alpha value is -3.16. The molecule has 1 N–H and O–H groups in total. The Bertz CT molecular complexity index is 1040. The molecule has 0 fully saturated rings. The average molecular weight is 467 g/mol. The maximum absolute atomic E-state index is 13.1. The molecular weight excluding hydrogens is 432 g/mol. The van der Waals surface area contributed by atoms with Crippen LogP contribution in [0.3, 0.4) is 0 Å². The Morgan fingerprint density at radius 1 is 0.971 bits per heavy atom. The van der Waals surface area contributed by atoms with Gasteiger partial charge in [-0.25, -0.2) is 0 Å². The van der Waals surface area contributed by atoms with E-state index in [2.05, 4.69) is 19.2 Å². The number of amides is 1. The van der Waals surface area contributed by atoms with Crippen molar-refractivity contribution >= 4 is 17.4 Å². The first-order chi connectivity index (χ1) is 16.3. The largest absolute Gasteiger partial charge is 0.497 e. The quantitative estimate of drug-likeness (QED) is 0.426. The van der Waals surface area contributed by atoms with E-state index in [0.29, 0.717) is 37.4 Å². The fourth-order valence-corrected chi connectivity index (χ4v) is 4.05. The fraction of sp³-hybridized carbons (Fsp3) is 0.407. The van der Waals surface area contributed by atoms with Crippen molar-refractivity contribution in [3.63, 3.8) is 0 Å². The van der Waals surface area contributed by atoms with Crippen LogP contribution in [0, 0.1) is 0 Å². The second-order valence-electron chi connectivity index (χ2n) is 8.99. The van der Waals surface area contributed by atoms with Crippen LogP contribution in [-0.2, 0) is 15.9 Å². The molecule has 0 bridgehead atoms. The first-order valence-corrected chi connectivity index (χ1v) is 11.4. The van der Waals surface area contributed by atoms with E-state index in [0.717, 1.165) is 29.0 Å². The Balaban J connectivity index is 1.82. The molecule has 182 valence electrons. The lowest BCUT2D eigenvalue weighted by Gasteiger charge is -2.35. The Labute approximate surface area is 201 Å². The number of hydrogen-bond donors (Lipinski definition) is 1. The van der Waals surface area contributed by atoms with Gasteiger partial charge in [-0.1, -0.05) is 18.2 Å². The van der Waals surface area contributed by atoms with Crippen molar-refractivity contribution in [2.75, 3.05) is 47.6 Å². The maximum Gasteiger partial charge on any atom is 0.254 e. The van der Waals surface area contributed by atoms with Crippen molar-refractivity contribution in [1.29, 1.82) is 0 Å². The predicted octanol–water partition coefficient (Wildman–Crippen LogP) is 3.58. The van der Waals surface area contributed by atoms with E-state index in [1.165, 1.54) is 0 Å². The smallest absolute Gasteiger partial charge is 0.254 e. The van der Waals surface area contributed by atoms with Crippen molar-refractivity contribution in [2.45, 2.75) is 25.8 Å². The third-order valence-corrected chi connectivity index (χ3v) is 5.82. The highest BCUT2D eigenvalue weighted by Crippen LogP contribution is 2.32. The number of carbonyl (C=O) groups is 2. The lowest BCUT2D eigenvalue weighted by molar-refractivity contribution is 0.0627. The van der Waals surface area contributed by atoms with E-state index < -0.39 is 0 Å². The summed E-state index contributed by atoms with van der Waals surface area (Å²) in [5.41, 5.74) is 3.74. The minimum Gasteiger partial charge on any atom is -0.497 e. The number of hydrogen-bond acceptors (Lipinski definition) is 6. The first-order valence-electron chi connectivity index (χ1n) is 11.4. The van der Waals surface area contributed by atoms with E-state index >= 15 is 0 Å². The molecule has 0 spiro atoms. The zero-order valence-corrected chi connectivity index (χ0v) is 20.6. The molecule has 7 heteroatoms. The summed E-state index contributed by atoms with van der Waals surface area (Å²) in [5.74, 6) is 0.486. The molecule has 0 unspecified atom stereocenters. The Morgan fingerprint density at radius 2 is 1.59 bits per heavy atom. The molecule has 0 saturated carbocycles. The topological polar surface area (TPSA) is 77.1 Å². The molecule has 34 heavy (non-hydrogen) atoms. The van der Waals surface area contributed by atoms with Crippen LogP contribution in [0.15, 0.2) is 48.5 Å².